The van der Waals surface area contributed by atoms with Crippen LogP contribution in [0.5, 0.6) is 0 Å². The van der Waals surface area contributed by atoms with Crippen molar-refractivity contribution in [2.45, 2.75) is 39.2 Å². The van der Waals surface area contributed by atoms with E-state index in [-0.39, 0.29) is 0 Å². The van der Waals surface area contributed by atoms with Gasteiger partial charge in [-0.3, -0.25) is 0 Å². The van der Waals surface area contributed by atoms with Crippen molar-refractivity contribution >= 4 is 33.3 Å². The monoisotopic (exact) mass is 305 g/mol. The second-order valence-electron chi connectivity index (χ2n) is 5.77. The molecule has 2 aromatic heterocycles. The lowest BCUT2D eigenvalue weighted by molar-refractivity contribution is 0.219. The van der Waals surface area contributed by atoms with E-state index in [1.54, 1.807) is 11.3 Å². The van der Waals surface area contributed by atoms with Crippen LogP contribution >= 0.6 is 11.3 Å². The number of rotatable bonds is 4. The molecule has 5 nitrogen and oxygen atoms in total. The van der Waals surface area contributed by atoms with E-state index in [1.165, 1.54) is 17.8 Å². The highest BCUT2D eigenvalue weighted by atomic mass is 32.1. The second kappa shape index (κ2) is 6.15. The first-order chi connectivity index (χ1) is 10.2. The summed E-state index contributed by atoms with van der Waals surface area (Å²) < 4.78 is 0. The van der Waals surface area contributed by atoms with E-state index >= 15 is 0 Å². The van der Waals surface area contributed by atoms with Gasteiger partial charge in [-0.05, 0) is 38.8 Å². The van der Waals surface area contributed by atoms with Crippen LogP contribution < -0.4 is 11.1 Å². The van der Waals surface area contributed by atoms with E-state index in [9.17, 15) is 0 Å². The molecule has 1 aliphatic rings. The van der Waals surface area contributed by atoms with Gasteiger partial charge < -0.3 is 16.0 Å². The number of anilines is 2. The van der Waals surface area contributed by atoms with Gasteiger partial charge in [0.1, 0.15) is 10.6 Å². The Hall–Kier alpha value is -1.40. The largest absolute Gasteiger partial charge is 0.368 e. The smallest absolute Gasteiger partial charge is 0.223 e. The summed E-state index contributed by atoms with van der Waals surface area (Å²) >= 11 is 1.67. The second-order valence-corrected chi connectivity index (χ2v) is 7.00. The highest BCUT2D eigenvalue weighted by Gasteiger charge is 2.20. The number of nitrogen functional groups attached to an aromatic ring is 1. The number of aryl methyl sites for hydroxylation is 1. The average Bonchev–Trinajstić information content (AvgIpc) is 2.81. The molecule has 0 amide bonds. The fourth-order valence-electron chi connectivity index (χ4n) is 2.98. The maximum Gasteiger partial charge on any atom is 0.223 e. The Morgan fingerprint density at radius 2 is 2.14 bits per heavy atom. The summed E-state index contributed by atoms with van der Waals surface area (Å²) in [4.78, 5) is 13.5. The lowest BCUT2D eigenvalue weighted by atomic mass is 10.0. The van der Waals surface area contributed by atoms with Crippen molar-refractivity contribution in [3.63, 3.8) is 0 Å². The molecule has 0 bridgehead atoms. The number of nitrogens with zero attached hydrogens (tertiary/aromatic N) is 3. The lowest BCUT2D eigenvalue weighted by Crippen LogP contribution is -2.39. The first kappa shape index (κ1) is 14.5. The van der Waals surface area contributed by atoms with E-state index in [0.29, 0.717) is 12.0 Å². The maximum atomic E-state index is 5.84. The van der Waals surface area contributed by atoms with Crippen LogP contribution in [0.4, 0.5) is 11.8 Å². The Labute approximate surface area is 129 Å². The van der Waals surface area contributed by atoms with Crippen molar-refractivity contribution in [1.82, 2.24) is 14.9 Å². The molecule has 0 radical (unpaired) electrons. The molecule has 0 unspecified atom stereocenters. The molecule has 0 aromatic carbocycles. The van der Waals surface area contributed by atoms with Crippen LogP contribution in [0.2, 0.25) is 0 Å². The number of fused-ring (bicyclic) bond motifs is 1. The molecule has 3 rings (SSSR count). The van der Waals surface area contributed by atoms with Crippen molar-refractivity contribution in [2.75, 3.05) is 30.7 Å². The zero-order valence-electron chi connectivity index (χ0n) is 12.7. The fourth-order valence-corrected chi connectivity index (χ4v) is 3.87. The molecule has 114 valence electrons. The molecule has 0 spiro atoms. The predicted octanol–water partition coefficient (Wildman–Crippen LogP) is 2.87. The zero-order valence-corrected chi connectivity index (χ0v) is 13.5. The summed E-state index contributed by atoms with van der Waals surface area (Å²) in [6.07, 6.45) is 3.55. The van der Waals surface area contributed by atoms with Crippen LogP contribution in [0.3, 0.4) is 0 Å². The van der Waals surface area contributed by atoms with E-state index in [0.717, 1.165) is 42.0 Å². The quantitative estimate of drug-likeness (QED) is 0.909. The first-order valence-corrected chi connectivity index (χ1v) is 8.50. The predicted molar refractivity (Wildman–Crippen MR) is 89.9 cm³/mol. The number of hydrogen-bond acceptors (Lipinski definition) is 6. The Morgan fingerprint density at radius 1 is 1.38 bits per heavy atom. The zero-order chi connectivity index (χ0) is 14.8. The standard InChI is InChI=1S/C15H23N5S/c1-3-6-20-7-4-11(5-8-20)17-13-12-9-10(2)21-14(12)19-15(16)18-13/h9,11H,3-8H2,1-2H3,(H3,16,17,18,19). The summed E-state index contributed by atoms with van der Waals surface area (Å²) in [5.41, 5.74) is 5.84. The minimum atomic E-state index is 0.357. The first-order valence-electron chi connectivity index (χ1n) is 7.68. The number of aromatic nitrogens is 2. The van der Waals surface area contributed by atoms with Crippen LogP contribution in [0, 0.1) is 6.92 Å². The molecular weight excluding hydrogens is 282 g/mol. The van der Waals surface area contributed by atoms with Gasteiger partial charge in [0.2, 0.25) is 5.95 Å². The summed E-state index contributed by atoms with van der Waals surface area (Å²) in [5.74, 6) is 1.26. The number of nitrogens with two attached hydrogens (primary N) is 1. The molecule has 0 atom stereocenters. The Kier molecular flexibility index (Phi) is 4.26. The summed E-state index contributed by atoms with van der Waals surface area (Å²) in [7, 11) is 0. The molecule has 1 fully saturated rings. The van der Waals surface area contributed by atoms with Crippen molar-refractivity contribution in [3.05, 3.63) is 10.9 Å². The summed E-state index contributed by atoms with van der Waals surface area (Å²) in [5, 5.41) is 4.69. The van der Waals surface area contributed by atoms with Crippen molar-refractivity contribution in [1.29, 1.82) is 0 Å². The van der Waals surface area contributed by atoms with Crippen molar-refractivity contribution in [2.24, 2.45) is 0 Å². The van der Waals surface area contributed by atoms with Gasteiger partial charge in [0, 0.05) is 24.0 Å². The number of thiophene rings is 1. The third-order valence-corrected chi connectivity index (χ3v) is 4.95. The van der Waals surface area contributed by atoms with E-state index in [2.05, 4.69) is 40.1 Å². The molecule has 0 aliphatic carbocycles. The number of likely N-dealkylation sites (tertiary alicyclic amines) is 1. The van der Waals surface area contributed by atoms with Crippen molar-refractivity contribution in [3.8, 4) is 0 Å². The normalized spacial score (nSPS) is 17.4. The van der Waals surface area contributed by atoms with Gasteiger partial charge in [-0.15, -0.1) is 11.3 Å². The summed E-state index contributed by atoms with van der Waals surface area (Å²) in [6, 6.07) is 2.63. The van der Waals surface area contributed by atoms with E-state index in [1.807, 2.05) is 0 Å². The number of hydrogen-bond donors (Lipinski definition) is 2. The highest BCUT2D eigenvalue weighted by molar-refractivity contribution is 7.18. The Bertz CT molecular complexity index is 616. The Morgan fingerprint density at radius 3 is 2.86 bits per heavy atom. The van der Waals surface area contributed by atoms with Crippen LogP contribution in [-0.4, -0.2) is 40.5 Å². The molecule has 1 aliphatic heterocycles. The third-order valence-electron chi connectivity index (χ3n) is 4.00. The van der Waals surface area contributed by atoms with Gasteiger partial charge in [0.05, 0.1) is 5.39 Å². The van der Waals surface area contributed by atoms with E-state index < -0.39 is 0 Å². The van der Waals surface area contributed by atoms with Gasteiger partial charge in [0.15, 0.2) is 0 Å². The van der Waals surface area contributed by atoms with Crippen molar-refractivity contribution < 1.29 is 0 Å². The van der Waals surface area contributed by atoms with Gasteiger partial charge >= 0.3 is 0 Å². The highest BCUT2D eigenvalue weighted by Crippen LogP contribution is 2.30. The minimum Gasteiger partial charge on any atom is -0.368 e. The SMILES string of the molecule is CCCN1CCC(Nc2nc(N)nc3sc(C)cc23)CC1. The van der Waals surface area contributed by atoms with Gasteiger partial charge in [-0.25, -0.2) is 4.98 Å². The minimum absolute atomic E-state index is 0.357. The van der Waals surface area contributed by atoms with Gasteiger partial charge in [0.25, 0.3) is 0 Å². The molecule has 21 heavy (non-hydrogen) atoms. The molecule has 3 N–H and O–H groups in total. The molecule has 6 heteroatoms. The molecule has 3 heterocycles. The third kappa shape index (κ3) is 3.27. The molecule has 1 saturated heterocycles. The number of nitrogens with one attached hydrogen (secondary N) is 1. The van der Waals surface area contributed by atoms with Crippen LogP contribution in [0.25, 0.3) is 10.2 Å². The van der Waals surface area contributed by atoms with Crippen LogP contribution in [0.15, 0.2) is 6.07 Å². The van der Waals surface area contributed by atoms with Gasteiger partial charge in [-0.2, -0.15) is 4.98 Å². The fraction of sp³-hybridized carbons (Fsp3) is 0.600. The van der Waals surface area contributed by atoms with Gasteiger partial charge in [-0.1, -0.05) is 6.92 Å². The van der Waals surface area contributed by atoms with E-state index in [4.69, 9.17) is 5.73 Å². The molecular formula is C15H23N5S. The number of piperidine rings is 1. The topological polar surface area (TPSA) is 67.1 Å². The average molecular weight is 305 g/mol. The summed E-state index contributed by atoms with van der Waals surface area (Å²) in [6.45, 7) is 7.87. The maximum absolute atomic E-state index is 5.84. The lowest BCUT2D eigenvalue weighted by Gasteiger charge is -2.32. The van der Waals surface area contributed by atoms with Crippen LogP contribution in [0.1, 0.15) is 31.1 Å². The van der Waals surface area contributed by atoms with Crippen LogP contribution in [-0.2, 0) is 0 Å². The molecule has 0 saturated carbocycles. The molecule has 2 aromatic rings. The Balaban J connectivity index is 1.73.